The molecule has 2 aromatic rings. The number of rotatable bonds is 6. The molecule has 2 aromatic carbocycles. The van der Waals surface area contributed by atoms with Crippen molar-refractivity contribution in [3.8, 4) is 0 Å². The van der Waals surface area contributed by atoms with E-state index in [0.29, 0.717) is 11.5 Å². The molecular weight excluding hydrogens is 334 g/mol. The first kappa shape index (κ1) is 18.9. The largest absolute Gasteiger partial charge is 0.380 e. The van der Waals surface area contributed by atoms with Crippen molar-refractivity contribution < 1.29 is 14.6 Å². The number of carbonyl (C=O) groups is 1. The van der Waals surface area contributed by atoms with Gasteiger partial charge in [0.25, 0.3) is 5.69 Å². The maximum atomic E-state index is 11.7. The maximum absolute atomic E-state index is 11.7. The number of nitro groups is 1. The highest BCUT2D eigenvalue weighted by atomic mass is 16.7. The third kappa shape index (κ3) is 5.27. The van der Waals surface area contributed by atoms with E-state index < -0.39 is 10.9 Å². The van der Waals surface area contributed by atoms with E-state index in [-0.39, 0.29) is 11.5 Å². The first-order chi connectivity index (χ1) is 12.4. The Kier molecular flexibility index (Phi) is 6.21. The van der Waals surface area contributed by atoms with Crippen molar-refractivity contribution in [1.82, 2.24) is 0 Å². The second-order valence-corrected chi connectivity index (χ2v) is 5.85. The van der Waals surface area contributed by atoms with Crippen LogP contribution in [0.1, 0.15) is 36.5 Å². The number of non-ortho nitro benzene ring substituents is 1. The van der Waals surface area contributed by atoms with Crippen molar-refractivity contribution >= 4 is 23.6 Å². The Morgan fingerprint density at radius 3 is 2.31 bits per heavy atom. The van der Waals surface area contributed by atoms with Gasteiger partial charge in [0.15, 0.2) is 5.84 Å². The van der Waals surface area contributed by atoms with Crippen LogP contribution in [0.2, 0.25) is 0 Å². The van der Waals surface area contributed by atoms with Gasteiger partial charge in [0, 0.05) is 23.8 Å². The maximum Gasteiger partial charge on any atom is 0.358 e. The molecule has 0 amide bonds. The quantitative estimate of drug-likeness (QED) is 0.213. The molecule has 0 bridgehead atoms. The minimum Gasteiger partial charge on any atom is -0.380 e. The third-order valence-corrected chi connectivity index (χ3v) is 3.62. The summed E-state index contributed by atoms with van der Waals surface area (Å²) in [6.45, 7) is 4.21. The monoisotopic (exact) mass is 353 g/mol. The summed E-state index contributed by atoms with van der Waals surface area (Å²) in [4.78, 5) is 26.5. The molecule has 0 aliphatic carbocycles. The molecule has 26 heavy (non-hydrogen) atoms. The van der Waals surface area contributed by atoms with Crippen molar-refractivity contribution in [2.24, 2.45) is 10.9 Å². The smallest absolute Gasteiger partial charge is 0.358 e. The predicted molar refractivity (Wildman–Crippen MR) is 99.5 cm³/mol. The van der Waals surface area contributed by atoms with Crippen LogP contribution in [0.4, 0.5) is 5.69 Å². The lowest BCUT2D eigenvalue weighted by Gasteiger charge is -2.04. The molecule has 0 saturated carbocycles. The van der Waals surface area contributed by atoms with Crippen LogP contribution >= 0.6 is 0 Å². The number of benzene rings is 2. The second-order valence-electron chi connectivity index (χ2n) is 5.85. The van der Waals surface area contributed by atoms with Gasteiger partial charge >= 0.3 is 5.97 Å². The zero-order chi connectivity index (χ0) is 19.1. The fraction of sp³-hybridized carbons (Fsp3) is 0.158. The van der Waals surface area contributed by atoms with Gasteiger partial charge in [-0.25, -0.2) is 4.79 Å². The molecule has 134 valence electrons. The van der Waals surface area contributed by atoms with E-state index in [1.807, 2.05) is 24.3 Å². The average Bonchev–Trinajstić information content (AvgIpc) is 2.64. The molecule has 0 heterocycles. The van der Waals surface area contributed by atoms with Gasteiger partial charge in [-0.2, -0.15) is 0 Å². The fourth-order valence-corrected chi connectivity index (χ4v) is 2.09. The molecule has 0 unspecified atom stereocenters. The van der Waals surface area contributed by atoms with Gasteiger partial charge in [0.2, 0.25) is 0 Å². The SMILES string of the molecule is CC(C)c1ccc(/C=C\C(=O)O/N=C(\N)c2ccc([N+](=O)[O-])cc2)cc1. The molecule has 2 rings (SSSR count). The lowest BCUT2D eigenvalue weighted by atomic mass is 10.0. The molecule has 7 nitrogen and oxygen atoms in total. The summed E-state index contributed by atoms with van der Waals surface area (Å²) >= 11 is 0. The lowest BCUT2D eigenvalue weighted by Crippen LogP contribution is -2.14. The van der Waals surface area contributed by atoms with Crippen LogP contribution in [-0.4, -0.2) is 16.7 Å². The van der Waals surface area contributed by atoms with Crippen LogP contribution in [0, 0.1) is 10.1 Å². The van der Waals surface area contributed by atoms with E-state index in [4.69, 9.17) is 10.6 Å². The van der Waals surface area contributed by atoms with Gasteiger partial charge in [-0.3, -0.25) is 10.1 Å². The zero-order valence-corrected chi connectivity index (χ0v) is 14.5. The number of oxime groups is 1. The molecule has 0 spiro atoms. The molecule has 0 aromatic heterocycles. The van der Waals surface area contributed by atoms with E-state index >= 15 is 0 Å². The highest BCUT2D eigenvalue weighted by Crippen LogP contribution is 2.15. The van der Waals surface area contributed by atoms with Crippen LogP contribution in [-0.2, 0) is 9.63 Å². The van der Waals surface area contributed by atoms with Crippen molar-refractivity contribution in [3.05, 3.63) is 81.4 Å². The van der Waals surface area contributed by atoms with Crippen LogP contribution in [0.5, 0.6) is 0 Å². The first-order valence-corrected chi connectivity index (χ1v) is 7.94. The highest BCUT2D eigenvalue weighted by molar-refractivity contribution is 5.98. The molecule has 0 aliphatic heterocycles. The minimum atomic E-state index is -0.678. The van der Waals surface area contributed by atoms with Crippen LogP contribution < -0.4 is 5.73 Å². The average molecular weight is 353 g/mol. The Labute approximate surface area is 150 Å². The Hall–Kier alpha value is -3.48. The molecular formula is C19H19N3O4. The predicted octanol–water partition coefficient (Wildman–Crippen LogP) is 3.60. The van der Waals surface area contributed by atoms with E-state index in [1.54, 1.807) is 6.08 Å². The molecule has 0 radical (unpaired) electrons. The molecule has 0 saturated heterocycles. The highest BCUT2D eigenvalue weighted by Gasteiger charge is 2.07. The number of hydrogen-bond donors (Lipinski definition) is 1. The summed E-state index contributed by atoms with van der Waals surface area (Å²) in [5.74, 6) is -0.291. The normalized spacial score (nSPS) is 11.7. The van der Waals surface area contributed by atoms with Crippen LogP contribution in [0.25, 0.3) is 6.08 Å². The standard InChI is InChI=1S/C19H19N3O4/c1-13(2)15-6-3-14(4-7-15)5-12-18(23)26-21-19(20)16-8-10-17(11-9-16)22(24)25/h3-13H,1-2H3,(H2,20,21)/b12-5-. The molecule has 0 aliphatic rings. The zero-order valence-electron chi connectivity index (χ0n) is 14.5. The number of carbonyl (C=O) groups excluding carboxylic acids is 1. The number of hydrogen-bond acceptors (Lipinski definition) is 5. The van der Waals surface area contributed by atoms with E-state index in [9.17, 15) is 14.9 Å². The van der Waals surface area contributed by atoms with E-state index in [1.165, 1.54) is 35.9 Å². The van der Waals surface area contributed by atoms with Gasteiger partial charge in [0.05, 0.1) is 4.92 Å². The van der Waals surface area contributed by atoms with Crippen molar-refractivity contribution in [1.29, 1.82) is 0 Å². The van der Waals surface area contributed by atoms with E-state index in [0.717, 1.165) is 5.56 Å². The van der Waals surface area contributed by atoms with Gasteiger partial charge in [-0.05, 0) is 35.3 Å². The summed E-state index contributed by atoms with van der Waals surface area (Å²) < 4.78 is 0. The van der Waals surface area contributed by atoms with Gasteiger partial charge in [0.1, 0.15) is 0 Å². The topological polar surface area (TPSA) is 108 Å². The van der Waals surface area contributed by atoms with Crippen LogP contribution in [0.15, 0.2) is 59.8 Å². The van der Waals surface area contributed by atoms with Crippen LogP contribution in [0.3, 0.4) is 0 Å². The fourth-order valence-electron chi connectivity index (χ4n) is 2.09. The van der Waals surface area contributed by atoms with Crippen molar-refractivity contribution in [2.45, 2.75) is 19.8 Å². The minimum absolute atomic E-state index is 0.0528. The van der Waals surface area contributed by atoms with Gasteiger partial charge in [-0.1, -0.05) is 43.3 Å². The van der Waals surface area contributed by atoms with Crippen molar-refractivity contribution in [3.63, 3.8) is 0 Å². The van der Waals surface area contributed by atoms with Gasteiger partial charge < -0.3 is 10.6 Å². The molecule has 2 N–H and O–H groups in total. The summed E-state index contributed by atoms with van der Waals surface area (Å²) in [6, 6.07) is 13.3. The summed E-state index contributed by atoms with van der Waals surface area (Å²) in [5, 5.41) is 14.1. The lowest BCUT2D eigenvalue weighted by molar-refractivity contribution is -0.384. The molecule has 0 atom stereocenters. The number of amidine groups is 1. The summed E-state index contributed by atoms with van der Waals surface area (Å²) in [7, 11) is 0. The Morgan fingerprint density at radius 1 is 1.15 bits per heavy atom. The summed E-state index contributed by atoms with van der Waals surface area (Å²) in [5.41, 5.74) is 8.12. The molecule has 7 heteroatoms. The third-order valence-electron chi connectivity index (χ3n) is 3.62. The second kappa shape index (κ2) is 8.57. The van der Waals surface area contributed by atoms with Crippen molar-refractivity contribution in [2.75, 3.05) is 0 Å². The first-order valence-electron chi connectivity index (χ1n) is 7.94. The molecule has 0 fully saturated rings. The Bertz CT molecular complexity index is 838. The number of nitro benzene ring substituents is 1. The summed E-state index contributed by atoms with van der Waals surface area (Å²) in [6.07, 6.45) is 2.86. The number of nitrogens with zero attached hydrogens (tertiary/aromatic N) is 2. The Balaban J connectivity index is 1.96. The Morgan fingerprint density at radius 2 is 1.77 bits per heavy atom. The number of nitrogens with two attached hydrogens (primary N) is 1. The van der Waals surface area contributed by atoms with E-state index in [2.05, 4.69) is 19.0 Å². The van der Waals surface area contributed by atoms with Gasteiger partial charge in [-0.15, -0.1) is 0 Å².